The second kappa shape index (κ2) is 4.56. The topological polar surface area (TPSA) is 57.6 Å². The molecule has 2 aliphatic rings. The van der Waals surface area contributed by atoms with Crippen molar-refractivity contribution < 1.29 is 14.7 Å². The molecule has 1 N–H and O–H groups in total. The van der Waals surface area contributed by atoms with Crippen LogP contribution < -0.4 is 0 Å². The molecule has 1 aromatic rings. The van der Waals surface area contributed by atoms with Gasteiger partial charge in [0.05, 0.1) is 11.3 Å². The van der Waals surface area contributed by atoms with E-state index >= 15 is 0 Å². The molecule has 0 radical (unpaired) electrons. The zero-order valence-electron chi connectivity index (χ0n) is 10.6. The van der Waals surface area contributed by atoms with Gasteiger partial charge in [-0.1, -0.05) is 24.3 Å². The molecular weight excluding hydrogens is 262 g/mol. The lowest BCUT2D eigenvalue weighted by atomic mass is 9.76. The molecule has 1 aliphatic carbocycles. The summed E-state index contributed by atoms with van der Waals surface area (Å²) in [6.45, 7) is 1.90. The van der Waals surface area contributed by atoms with Crippen LogP contribution in [0.2, 0.25) is 0 Å². The highest BCUT2D eigenvalue weighted by Gasteiger charge is 2.44. The number of fused-ring (bicyclic) bond motifs is 1. The Balaban J connectivity index is 1.83. The third-order valence-electron chi connectivity index (χ3n) is 3.91. The number of carbonyl (C=O) groups is 2. The lowest BCUT2D eigenvalue weighted by molar-refractivity contribution is -0.149. The van der Waals surface area contributed by atoms with Gasteiger partial charge in [0.15, 0.2) is 0 Å². The predicted molar refractivity (Wildman–Crippen MR) is 73.1 cm³/mol. The molecule has 0 aromatic heterocycles. The molecular formula is C14H15NO3S. The molecule has 1 aliphatic heterocycles. The molecule has 1 fully saturated rings. The third-order valence-corrected chi connectivity index (χ3v) is 5.13. The largest absolute Gasteiger partial charge is 0.480 e. The van der Waals surface area contributed by atoms with Crippen LogP contribution in [-0.2, 0) is 16.0 Å². The Morgan fingerprint density at radius 3 is 2.79 bits per heavy atom. The van der Waals surface area contributed by atoms with Crippen molar-refractivity contribution in [2.45, 2.75) is 30.7 Å². The van der Waals surface area contributed by atoms with Gasteiger partial charge in [0.25, 0.3) is 0 Å². The van der Waals surface area contributed by atoms with Gasteiger partial charge in [0.2, 0.25) is 5.91 Å². The van der Waals surface area contributed by atoms with Gasteiger partial charge in [-0.25, -0.2) is 4.79 Å². The second-order valence-electron chi connectivity index (χ2n) is 4.99. The van der Waals surface area contributed by atoms with Gasteiger partial charge >= 0.3 is 5.97 Å². The number of carbonyl (C=O) groups excluding carboxylic acids is 1. The van der Waals surface area contributed by atoms with Crippen LogP contribution in [0.3, 0.4) is 0 Å². The van der Waals surface area contributed by atoms with Crippen LogP contribution in [0.15, 0.2) is 24.3 Å². The van der Waals surface area contributed by atoms with Gasteiger partial charge in [0.1, 0.15) is 6.04 Å². The first-order valence-electron chi connectivity index (χ1n) is 6.34. The van der Waals surface area contributed by atoms with Gasteiger partial charge in [-0.2, -0.15) is 0 Å². The summed E-state index contributed by atoms with van der Waals surface area (Å²) >= 11 is 1.53. The number of benzene rings is 1. The van der Waals surface area contributed by atoms with Crippen LogP contribution in [0.5, 0.6) is 0 Å². The summed E-state index contributed by atoms with van der Waals surface area (Å²) in [5.74, 6) is -0.614. The van der Waals surface area contributed by atoms with Crippen molar-refractivity contribution in [2.24, 2.45) is 0 Å². The van der Waals surface area contributed by atoms with Crippen molar-refractivity contribution in [1.29, 1.82) is 0 Å². The maximum Gasteiger partial charge on any atom is 0.327 e. The fraction of sp³-hybridized carbons (Fsp3) is 0.429. The van der Waals surface area contributed by atoms with Crippen LogP contribution in [0.1, 0.15) is 24.0 Å². The van der Waals surface area contributed by atoms with E-state index in [2.05, 4.69) is 0 Å². The zero-order valence-corrected chi connectivity index (χ0v) is 11.4. The number of hydrogen-bond donors (Lipinski definition) is 1. The summed E-state index contributed by atoms with van der Waals surface area (Å²) in [6, 6.07) is 7.20. The van der Waals surface area contributed by atoms with E-state index in [-0.39, 0.29) is 17.2 Å². The number of carboxylic acid groups (broad SMARTS) is 1. The van der Waals surface area contributed by atoms with Crippen LogP contribution >= 0.6 is 11.8 Å². The first-order chi connectivity index (χ1) is 9.09. The minimum atomic E-state index is -0.905. The molecule has 0 bridgehead atoms. The highest BCUT2D eigenvalue weighted by atomic mass is 32.2. The number of rotatable bonds is 2. The predicted octanol–water partition coefficient (Wildman–Crippen LogP) is 1.70. The van der Waals surface area contributed by atoms with E-state index in [1.165, 1.54) is 17.3 Å². The Bertz CT molecular complexity index is 545. The van der Waals surface area contributed by atoms with Crippen molar-refractivity contribution in [3.63, 3.8) is 0 Å². The van der Waals surface area contributed by atoms with Gasteiger partial charge in [-0.3, -0.25) is 4.79 Å². The summed E-state index contributed by atoms with van der Waals surface area (Å²) in [4.78, 5) is 25.3. The van der Waals surface area contributed by atoms with Crippen molar-refractivity contribution in [3.05, 3.63) is 35.4 Å². The van der Waals surface area contributed by atoms with E-state index in [1.54, 1.807) is 4.90 Å². The first-order valence-corrected chi connectivity index (χ1v) is 7.39. The quantitative estimate of drug-likeness (QED) is 0.894. The van der Waals surface area contributed by atoms with E-state index in [9.17, 15) is 14.7 Å². The summed E-state index contributed by atoms with van der Waals surface area (Å²) in [6.07, 6.45) is 0.731. The Hall–Kier alpha value is -1.49. The normalized spacial score (nSPS) is 28.7. The molecule has 0 spiro atoms. The molecule has 3 rings (SSSR count). The van der Waals surface area contributed by atoms with Gasteiger partial charge in [-0.05, 0) is 24.5 Å². The molecule has 1 amide bonds. The van der Waals surface area contributed by atoms with Crippen molar-refractivity contribution in [1.82, 2.24) is 4.90 Å². The average Bonchev–Trinajstić information content (AvgIpc) is 2.72. The zero-order chi connectivity index (χ0) is 13.6. The average molecular weight is 277 g/mol. The van der Waals surface area contributed by atoms with Crippen molar-refractivity contribution in [2.75, 3.05) is 5.75 Å². The van der Waals surface area contributed by atoms with Crippen LogP contribution in [0.25, 0.3) is 0 Å². The molecule has 1 aromatic carbocycles. The highest BCUT2D eigenvalue weighted by Crippen LogP contribution is 2.39. The van der Waals surface area contributed by atoms with Gasteiger partial charge < -0.3 is 10.0 Å². The SMILES string of the molecule is CC1SCC(C(=O)O)N1C(=O)C1Cc2ccccc21. The molecule has 19 heavy (non-hydrogen) atoms. The fourth-order valence-electron chi connectivity index (χ4n) is 2.83. The number of amides is 1. The molecule has 100 valence electrons. The van der Waals surface area contributed by atoms with Gasteiger partial charge in [-0.15, -0.1) is 11.8 Å². The van der Waals surface area contributed by atoms with E-state index in [0.29, 0.717) is 5.75 Å². The standard InChI is InChI=1S/C14H15NO3S/c1-8-15(12(7-19-8)14(17)18)13(16)11-6-9-4-2-3-5-10(9)11/h2-5,8,11-12H,6-7H2,1H3,(H,17,18). The number of thioether (sulfide) groups is 1. The molecule has 1 heterocycles. The molecule has 5 heteroatoms. The molecule has 4 nitrogen and oxygen atoms in total. The Labute approximate surface area is 115 Å². The lowest BCUT2D eigenvalue weighted by Gasteiger charge is -2.35. The minimum Gasteiger partial charge on any atom is -0.480 e. The Kier molecular flexibility index (Phi) is 3.01. The molecule has 3 unspecified atom stereocenters. The van der Waals surface area contributed by atoms with Gasteiger partial charge in [0, 0.05) is 5.75 Å². The third kappa shape index (κ3) is 1.92. The number of aliphatic carboxylic acids is 1. The van der Waals surface area contributed by atoms with E-state index < -0.39 is 12.0 Å². The van der Waals surface area contributed by atoms with Crippen molar-refractivity contribution >= 4 is 23.6 Å². The smallest absolute Gasteiger partial charge is 0.327 e. The summed E-state index contributed by atoms with van der Waals surface area (Å²) in [5, 5.41) is 9.16. The monoisotopic (exact) mass is 277 g/mol. The summed E-state index contributed by atoms with van der Waals surface area (Å²) < 4.78 is 0. The van der Waals surface area contributed by atoms with Crippen LogP contribution in [-0.4, -0.2) is 39.1 Å². The van der Waals surface area contributed by atoms with Crippen LogP contribution in [0.4, 0.5) is 0 Å². The maximum absolute atomic E-state index is 12.6. The molecule has 0 saturated carbocycles. The Morgan fingerprint density at radius 2 is 2.11 bits per heavy atom. The summed E-state index contributed by atoms with van der Waals surface area (Å²) in [7, 11) is 0. The van der Waals surface area contributed by atoms with Crippen LogP contribution in [0, 0.1) is 0 Å². The Morgan fingerprint density at radius 1 is 1.37 bits per heavy atom. The van der Waals surface area contributed by atoms with Crippen molar-refractivity contribution in [3.8, 4) is 0 Å². The minimum absolute atomic E-state index is 0.0383. The van der Waals surface area contributed by atoms with E-state index in [4.69, 9.17) is 0 Å². The fourth-order valence-corrected chi connectivity index (χ4v) is 4.00. The number of hydrogen-bond acceptors (Lipinski definition) is 3. The van der Waals surface area contributed by atoms with E-state index in [1.807, 2.05) is 31.2 Å². The lowest BCUT2D eigenvalue weighted by Crippen LogP contribution is -2.48. The maximum atomic E-state index is 12.6. The molecule has 3 atom stereocenters. The first kappa shape index (κ1) is 12.5. The second-order valence-corrected chi connectivity index (χ2v) is 6.34. The number of carboxylic acids is 1. The highest BCUT2D eigenvalue weighted by molar-refractivity contribution is 8.00. The summed E-state index contributed by atoms with van der Waals surface area (Å²) in [5.41, 5.74) is 2.26. The number of nitrogens with zero attached hydrogens (tertiary/aromatic N) is 1. The molecule has 1 saturated heterocycles. The van der Waals surface area contributed by atoms with E-state index in [0.717, 1.165) is 12.0 Å².